The number of amides is 1. The van der Waals surface area contributed by atoms with Gasteiger partial charge < -0.3 is 29.2 Å². The molecule has 1 aliphatic heterocycles. The van der Waals surface area contributed by atoms with Crippen LogP contribution in [-0.2, 0) is 13.2 Å². The second-order valence-corrected chi connectivity index (χ2v) is 10.4. The quantitative estimate of drug-likeness (QED) is 0.327. The number of hydrogen-bond donors (Lipinski definition) is 1. The molecule has 0 bridgehead atoms. The number of piperidine rings is 1. The summed E-state index contributed by atoms with van der Waals surface area (Å²) in [6.45, 7) is 4.91. The smallest absolute Gasteiger partial charge is 0.253 e. The fourth-order valence-electron chi connectivity index (χ4n) is 4.79. The molecule has 1 saturated heterocycles. The number of methoxy groups -OCH3 is 2. The van der Waals surface area contributed by atoms with Crippen LogP contribution in [0.1, 0.15) is 48.2 Å². The highest BCUT2D eigenvalue weighted by Crippen LogP contribution is 2.39. The van der Waals surface area contributed by atoms with Crippen molar-refractivity contribution in [3.8, 4) is 23.0 Å². The van der Waals surface area contributed by atoms with Gasteiger partial charge in [0.05, 0.1) is 24.8 Å². The van der Waals surface area contributed by atoms with Crippen LogP contribution in [0.2, 0.25) is 5.02 Å². The van der Waals surface area contributed by atoms with Crippen LogP contribution in [0.5, 0.6) is 23.0 Å². The van der Waals surface area contributed by atoms with Gasteiger partial charge in [-0.05, 0) is 81.3 Å². The Hall–Kier alpha value is -3.42. The molecule has 0 saturated carbocycles. The van der Waals surface area contributed by atoms with Gasteiger partial charge >= 0.3 is 0 Å². The molecule has 0 aromatic heterocycles. The van der Waals surface area contributed by atoms with E-state index in [2.05, 4.69) is 31.1 Å². The van der Waals surface area contributed by atoms with Crippen LogP contribution in [0.25, 0.3) is 0 Å². The molecule has 1 N–H and O–H groups in total. The molecule has 39 heavy (non-hydrogen) atoms. The molecule has 0 radical (unpaired) electrons. The van der Waals surface area contributed by atoms with Gasteiger partial charge in [-0.2, -0.15) is 0 Å². The average molecular weight is 553 g/mol. The monoisotopic (exact) mass is 552 g/mol. The number of carbonyl (C=O) groups is 1. The van der Waals surface area contributed by atoms with E-state index in [1.165, 1.54) is 0 Å². The fourth-order valence-corrected chi connectivity index (χ4v) is 5.09. The van der Waals surface area contributed by atoms with E-state index in [0.717, 1.165) is 35.5 Å². The Morgan fingerprint density at radius 1 is 0.846 bits per heavy atom. The minimum absolute atomic E-state index is 0.0735. The molecule has 3 atom stereocenters. The number of ether oxygens (including phenoxy) is 4. The molecular weight excluding hydrogens is 516 g/mol. The number of nitrogens with one attached hydrogen (secondary N) is 1. The van der Waals surface area contributed by atoms with E-state index < -0.39 is 0 Å². The summed E-state index contributed by atoms with van der Waals surface area (Å²) in [4.78, 5) is 15.7. The van der Waals surface area contributed by atoms with E-state index >= 15 is 0 Å². The third kappa shape index (κ3) is 7.16. The van der Waals surface area contributed by atoms with E-state index in [1.807, 2.05) is 48.5 Å². The molecule has 8 heteroatoms. The molecule has 0 spiro atoms. The molecule has 0 aliphatic carbocycles. The summed E-state index contributed by atoms with van der Waals surface area (Å²) in [6, 6.07) is 19.5. The molecule has 1 unspecified atom stereocenters. The predicted molar refractivity (Wildman–Crippen MR) is 153 cm³/mol. The lowest BCUT2D eigenvalue weighted by Gasteiger charge is -2.40. The van der Waals surface area contributed by atoms with E-state index in [4.69, 9.17) is 30.5 Å². The summed E-state index contributed by atoms with van der Waals surface area (Å²) in [5, 5.41) is 3.41. The Balaban J connectivity index is 1.54. The first-order chi connectivity index (χ1) is 18.8. The maximum Gasteiger partial charge on any atom is 0.253 e. The Labute approximate surface area is 236 Å². The maximum absolute atomic E-state index is 13.3. The van der Waals surface area contributed by atoms with Crippen molar-refractivity contribution in [2.24, 2.45) is 0 Å². The highest BCUT2D eigenvalue weighted by molar-refractivity contribution is 6.35. The van der Waals surface area contributed by atoms with Crippen LogP contribution in [-0.4, -0.2) is 50.2 Å². The first-order valence-electron chi connectivity index (χ1n) is 13.2. The largest absolute Gasteiger partial charge is 0.497 e. The summed E-state index contributed by atoms with van der Waals surface area (Å²) >= 11 is 6.83. The Morgan fingerprint density at radius 2 is 1.36 bits per heavy atom. The fraction of sp³-hybridized carbons (Fsp3) is 0.387. The van der Waals surface area contributed by atoms with E-state index in [0.29, 0.717) is 35.8 Å². The zero-order valence-corrected chi connectivity index (χ0v) is 24.0. The number of hydrogen-bond acceptors (Lipinski definition) is 6. The zero-order chi connectivity index (χ0) is 27.9. The molecular formula is C31H37ClN2O5. The molecule has 3 aromatic rings. The van der Waals surface area contributed by atoms with Crippen molar-refractivity contribution < 1.29 is 23.7 Å². The molecule has 3 aromatic carbocycles. The average Bonchev–Trinajstić information content (AvgIpc) is 2.94. The molecule has 1 amide bonds. The van der Waals surface area contributed by atoms with Gasteiger partial charge in [-0.15, -0.1) is 0 Å². The number of rotatable bonds is 10. The third-order valence-corrected chi connectivity index (χ3v) is 7.75. The third-order valence-electron chi connectivity index (χ3n) is 7.38. The first-order valence-corrected chi connectivity index (χ1v) is 13.5. The van der Waals surface area contributed by atoms with Gasteiger partial charge in [-0.1, -0.05) is 35.9 Å². The standard InChI is InChI=1S/C31H37ClN2O5/c1-20-16-24(17-21(2)34(20)3)33-31(35)27-14-15-28(38-18-22-6-10-25(36-4)11-7-22)30(29(27)32)39-19-23-8-12-26(37-5)13-9-23/h6-15,20-21,24H,16-19H2,1-5H3,(H,33,35)/t20-,21+,24?. The number of carbonyl (C=O) groups excluding carboxylic acids is 1. The molecule has 4 rings (SSSR count). The summed E-state index contributed by atoms with van der Waals surface area (Å²) in [7, 11) is 5.38. The number of nitrogens with zero attached hydrogens (tertiary/aromatic N) is 1. The second-order valence-electron chi connectivity index (χ2n) is 10.0. The summed E-state index contributed by atoms with van der Waals surface area (Å²) in [6.07, 6.45) is 1.77. The lowest BCUT2D eigenvalue weighted by molar-refractivity contribution is 0.0830. The molecule has 1 fully saturated rings. The van der Waals surface area contributed by atoms with Gasteiger partial charge in [-0.3, -0.25) is 4.79 Å². The van der Waals surface area contributed by atoms with E-state index in [-0.39, 0.29) is 23.6 Å². The summed E-state index contributed by atoms with van der Waals surface area (Å²) < 4.78 is 22.8. The minimum atomic E-state index is -0.218. The van der Waals surface area contributed by atoms with Crippen molar-refractivity contribution >= 4 is 17.5 Å². The van der Waals surface area contributed by atoms with Crippen LogP contribution in [0, 0.1) is 0 Å². The molecule has 1 aliphatic rings. The van der Waals surface area contributed by atoms with Gasteiger partial charge in [0.25, 0.3) is 5.91 Å². The Kier molecular flexibility index (Phi) is 9.59. The van der Waals surface area contributed by atoms with Crippen molar-refractivity contribution in [2.75, 3.05) is 21.3 Å². The highest BCUT2D eigenvalue weighted by Gasteiger charge is 2.30. The van der Waals surface area contributed by atoms with E-state index in [1.54, 1.807) is 26.4 Å². The molecule has 7 nitrogen and oxygen atoms in total. The van der Waals surface area contributed by atoms with Crippen LogP contribution in [0.4, 0.5) is 0 Å². The van der Waals surface area contributed by atoms with Crippen molar-refractivity contribution in [1.82, 2.24) is 10.2 Å². The Morgan fingerprint density at radius 3 is 1.87 bits per heavy atom. The summed E-state index contributed by atoms with van der Waals surface area (Å²) in [5.74, 6) is 2.11. The van der Waals surface area contributed by atoms with Crippen LogP contribution in [0.3, 0.4) is 0 Å². The van der Waals surface area contributed by atoms with E-state index in [9.17, 15) is 4.79 Å². The summed E-state index contributed by atoms with van der Waals surface area (Å²) in [5.41, 5.74) is 2.25. The zero-order valence-electron chi connectivity index (χ0n) is 23.2. The van der Waals surface area contributed by atoms with Gasteiger partial charge in [0, 0.05) is 18.1 Å². The lowest BCUT2D eigenvalue weighted by Crippen LogP contribution is -2.51. The Bertz CT molecular complexity index is 1240. The van der Waals surface area contributed by atoms with Gasteiger partial charge in [0.1, 0.15) is 24.7 Å². The predicted octanol–water partition coefficient (Wildman–Crippen LogP) is 6.12. The van der Waals surface area contributed by atoms with Crippen molar-refractivity contribution in [1.29, 1.82) is 0 Å². The molecule has 208 valence electrons. The normalized spacial score (nSPS) is 19.3. The SMILES string of the molecule is COc1ccc(COc2ccc(C(=O)NC3C[C@@H](C)N(C)[C@@H](C)C3)c(Cl)c2OCc2ccc(OC)cc2)cc1. The van der Waals surface area contributed by atoms with Crippen molar-refractivity contribution in [2.45, 2.75) is 58.0 Å². The number of likely N-dealkylation sites (tertiary alicyclic amines) is 1. The lowest BCUT2D eigenvalue weighted by atomic mass is 9.93. The number of halogens is 1. The van der Waals surface area contributed by atoms with Crippen molar-refractivity contribution in [3.63, 3.8) is 0 Å². The topological polar surface area (TPSA) is 69.3 Å². The van der Waals surface area contributed by atoms with Gasteiger partial charge in [-0.25, -0.2) is 0 Å². The number of benzene rings is 3. The molecule has 1 heterocycles. The van der Waals surface area contributed by atoms with Crippen LogP contribution < -0.4 is 24.3 Å². The van der Waals surface area contributed by atoms with Crippen LogP contribution in [0.15, 0.2) is 60.7 Å². The van der Waals surface area contributed by atoms with Gasteiger partial charge in [0.2, 0.25) is 0 Å². The minimum Gasteiger partial charge on any atom is -0.497 e. The highest BCUT2D eigenvalue weighted by atomic mass is 35.5. The maximum atomic E-state index is 13.3. The van der Waals surface area contributed by atoms with Crippen LogP contribution >= 0.6 is 11.6 Å². The second kappa shape index (κ2) is 13.1. The van der Waals surface area contributed by atoms with Crippen molar-refractivity contribution in [3.05, 3.63) is 82.4 Å². The van der Waals surface area contributed by atoms with Gasteiger partial charge in [0.15, 0.2) is 11.5 Å². The first kappa shape index (κ1) is 28.6.